The Bertz CT molecular complexity index is 1670. The van der Waals surface area contributed by atoms with Crippen molar-refractivity contribution in [2.75, 3.05) is 19.8 Å². The number of aromatic hydroxyl groups is 1. The van der Waals surface area contributed by atoms with Crippen molar-refractivity contribution in [2.45, 2.75) is 205 Å². The molecule has 5 aliphatic rings. The van der Waals surface area contributed by atoms with E-state index in [1.54, 1.807) is 19.1 Å². The molecule has 4 bridgehead atoms. The lowest BCUT2D eigenvalue weighted by molar-refractivity contribution is 0.0126. The molecule has 4 fully saturated rings. The van der Waals surface area contributed by atoms with Crippen molar-refractivity contribution in [3.05, 3.63) is 112 Å². The van der Waals surface area contributed by atoms with Gasteiger partial charge in [0.1, 0.15) is 5.75 Å². The van der Waals surface area contributed by atoms with Crippen molar-refractivity contribution in [3.8, 4) is 5.75 Å². The third-order valence-corrected chi connectivity index (χ3v) is 14.3. The monoisotopic (exact) mass is 933 g/mol. The molecule has 6 atom stereocenters. The predicted octanol–water partition coefficient (Wildman–Crippen LogP) is 15.3. The minimum Gasteiger partial charge on any atom is -0.508 e. The van der Waals surface area contributed by atoms with Gasteiger partial charge in [-0.3, -0.25) is 0 Å². The third-order valence-electron chi connectivity index (χ3n) is 14.3. The number of rotatable bonds is 18. The Morgan fingerprint density at radius 2 is 1.34 bits per heavy atom. The average Bonchev–Trinajstić information content (AvgIpc) is 3.46. The fraction of sp³-hybridized carbons (Fsp3) is 0.672. The maximum Gasteiger partial charge on any atom is 0.118 e. The van der Waals surface area contributed by atoms with Crippen LogP contribution in [0.25, 0.3) is 0 Å². The molecule has 0 saturated heterocycles. The molecule has 0 amide bonds. The molecule has 0 aromatic heterocycles. The van der Waals surface area contributed by atoms with Crippen molar-refractivity contribution in [1.82, 2.24) is 0 Å². The van der Waals surface area contributed by atoms with Gasteiger partial charge >= 0.3 is 0 Å². The van der Waals surface area contributed by atoms with Crippen molar-refractivity contribution in [3.63, 3.8) is 0 Å². The molecule has 6 N–H and O–H groups in total. The topological polar surface area (TPSA) is 121 Å². The zero-order chi connectivity index (χ0) is 51.4. The van der Waals surface area contributed by atoms with E-state index in [4.69, 9.17) is 20.4 Å². The molecule has 0 aliphatic heterocycles. The van der Waals surface area contributed by atoms with E-state index >= 15 is 0 Å². The van der Waals surface area contributed by atoms with E-state index in [1.165, 1.54) is 60.0 Å². The quantitative estimate of drug-likeness (QED) is 0.0816. The highest BCUT2D eigenvalue weighted by Gasteiger charge is 2.72. The van der Waals surface area contributed by atoms with Gasteiger partial charge in [0.2, 0.25) is 0 Å². The van der Waals surface area contributed by atoms with Gasteiger partial charge in [-0.15, -0.1) is 6.58 Å². The largest absolute Gasteiger partial charge is 0.508 e. The van der Waals surface area contributed by atoms with Crippen LogP contribution < -0.4 is 0 Å². The Balaban J connectivity index is 0.000000788. The first kappa shape index (κ1) is 64.0. The second kappa shape index (κ2) is 33.5. The van der Waals surface area contributed by atoms with Crippen LogP contribution >= 0.6 is 0 Å². The number of phenols is 1. The Morgan fingerprint density at radius 1 is 0.776 bits per heavy atom. The highest BCUT2D eigenvalue weighted by Crippen LogP contribution is 2.79. The van der Waals surface area contributed by atoms with Gasteiger partial charge in [-0.1, -0.05) is 108 Å². The Kier molecular flexibility index (Phi) is 32.0. The van der Waals surface area contributed by atoms with E-state index in [0.29, 0.717) is 29.6 Å². The highest BCUT2D eigenvalue weighted by molar-refractivity contribution is 5.29. The molecule has 4 saturated carbocycles. The first-order chi connectivity index (χ1) is 31.3. The molecule has 384 valence electrons. The summed E-state index contributed by atoms with van der Waals surface area (Å²) >= 11 is 0. The van der Waals surface area contributed by atoms with E-state index < -0.39 is 11.2 Å². The first-order valence-corrected chi connectivity index (χ1v) is 25.8. The normalized spacial score (nSPS) is 23.4. The second-order valence-electron chi connectivity index (χ2n) is 22.1. The van der Waals surface area contributed by atoms with Crippen molar-refractivity contribution in [1.29, 1.82) is 0 Å². The summed E-state index contributed by atoms with van der Waals surface area (Å²) in [7, 11) is 0. The highest BCUT2D eigenvalue weighted by atomic mass is 16.3. The number of allylic oxidation sites excluding steroid dienone is 10. The van der Waals surface area contributed by atoms with Gasteiger partial charge in [0.25, 0.3) is 0 Å². The summed E-state index contributed by atoms with van der Waals surface area (Å²) in [4.78, 5) is 0. The predicted molar refractivity (Wildman–Crippen MR) is 290 cm³/mol. The fourth-order valence-corrected chi connectivity index (χ4v) is 9.49. The molecule has 0 spiro atoms. The van der Waals surface area contributed by atoms with Crippen LogP contribution in [-0.4, -0.2) is 61.7 Å². The Morgan fingerprint density at radius 3 is 1.76 bits per heavy atom. The summed E-state index contributed by atoms with van der Waals surface area (Å²) in [5.41, 5.74) is 8.33. The van der Waals surface area contributed by atoms with E-state index in [1.807, 2.05) is 52.0 Å². The SMILES string of the molecule is C/C(=C\CCC1(C)C2CC3C(C2)C31)CO.C=CC(C)(O)CCC=C(C)C.CC(C)=CCC/C(C)=C\CO.CC(C)=CCCC(C)CCO.CC1=CCC(C(C)(C)O)CC1.Cc1ccccc1O. The lowest BCUT2D eigenvalue weighted by Crippen LogP contribution is -2.31. The first-order valence-electron chi connectivity index (χ1n) is 25.8. The van der Waals surface area contributed by atoms with Crippen LogP contribution in [0.1, 0.15) is 192 Å². The molecular formula is C61H104O6. The van der Waals surface area contributed by atoms with Crippen LogP contribution in [0.15, 0.2) is 107 Å². The smallest absolute Gasteiger partial charge is 0.118 e. The van der Waals surface area contributed by atoms with Gasteiger partial charge < -0.3 is 30.6 Å². The Labute approximate surface area is 412 Å². The zero-order valence-electron chi connectivity index (χ0n) is 45.7. The number of hydrogen-bond donors (Lipinski definition) is 6. The van der Waals surface area contributed by atoms with Crippen molar-refractivity contribution >= 4 is 0 Å². The molecule has 1 aromatic carbocycles. The molecule has 0 radical (unpaired) electrons. The van der Waals surface area contributed by atoms with Gasteiger partial charge in [-0.25, -0.2) is 0 Å². The van der Waals surface area contributed by atoms with Gasteiger partial charge in [-0.2, -0.15) is 0 Å². The van der Waals surface area contributed by atoms with Gasteiger partial charge in [0.05, 0.1) is 24.4 Å². The van der Waals surface area contributed by atoms with Crippen LogP contribution in [0.4, 0.5) is 0 Å². The van der Waals surface area contributed by atoms with Gasteiger partial charge in [0, 0.05) is 6.61 Å². The minimum atomic E-state index is -0.702. The van der Waals surface area contributed by atoms with Crippen molar-refractivity contribution in [2.24, 2.45) is 40.9 Å². The number of para-hydroxylation sites is 1. The van der Waals surface area contributed by atoms with E-state index in [-0.39, 0.29) is 13.2 Å². The maximum absolute atomic E-state index is 9.70. The van der Waals surface area contributed by atoms with Crippen molar-refractivity contribution < 1.29 is 30.6 Å². The summed E-state index contributed by atoms with van der Waals surface area (Å²) in [6.07, 6.45) is 30.6. The summed E-state index contributed by atoms with van der Waals surface area (Å²) in [5.74, 6) is 5.88. The number of aliphatic hydroxyl groups excluding tert-OH is 3. The zero-order valence-corrected chi connectivity index (χ0v) is 45.7. The summed E-state index contributed by atoms with van der Waals surface area (Å²) in [6, 6.07) is 7.25. The molecule has 6 nitrogen and oxygen atoms in total. The van der Waals surface area contributed by atoms with E-state index in [2.05, 4.69) is 106 Å². The molecule has 1 aromatic rings. The lowest BCUT2D eigenvalue weighted by Gasteiger charge is -2.31. The number of aliphatic hydroxyl groups is 5. The van der Waals surface area contributed by atoms with Crippen LogP contribution in [0.2, 0.25) is 0 Å². The standard InChI is InChI=1S/C14H22O.C10H18O.C10H20O.2C10H18O.C7H8O/c1-9(8-15)4-3-5-14(2)10-6-11-12(7-10)13(11)14;1-8-4-6-9(7-5-8)10(2,3)11;2*1-9(2)5-4-6-10(3)7-8-11;1-5-10(4,11)8-6-7-9(2)3;1-6-4-2-3-5-7(6)8/h4,10-13,15H,3,5-8H2,1-2H3;4,9,11H,5-7H2,1-3H3;5,10-11H,4,6-8H2,1-3H3;5,7,11H,4,6,8H2,1-3H3;5,7,11H,1,6,8H2,2-4H3;2-5,8H,1H3/b9-4+;;;10-7-;;. The summed E-state index contributed by atoms with van der Waals surface area (Å²) in [6.45, 7) is 35.3. The van der Waals surface area contributed by atoms with Crippen LogP contribution in [0.3, 0.4) is 0 Å². The molecule has 6 unspecified atom stereocenters. The lowest BCUT2D eigenvalue weighted by atomic mass is 9.77. The molecule has 0 heterocycles. The molecule has 6 rings (SSSR count). The van der Waals surface area contributed by atoms with E-state index in [0.717, 1.165) is 92.6 Å². The third kappa shape index (κ3) is 28.3. The van der Waals surface area contributed by atoms with Gasteiger partial charge in [-0.05, 0) is 232 Å². The average molecular weight is 933 g/mol. The minimum absolute atomic E-state index is 0.167. The maximum atomic E-state index is 9.70. The number of phenolic OH excluding ortho intramolecular Hbond substituents is 1. The molecule has 5 aliphatic carbocycles. The number of hydrogen-bond acceptors (Lipinski definition) is 6. The summed E-state index contributed by atoms with van der Waals surface area (Å²) in [5, 5.41) is 54.2. The molecular weight excluding hydrogens is 829 g/mol. The van der Waals surface area contributed by atoms with Crippen LogP contribution in [0, 0.1) is 47.8 Å². The van der Waals surface area contributed by atoms with Crippen LogP contribution in [-0.2, 0) is 0 Å². The number of aryl methyl sites for hydroxylation is 1. The molecule has 6 heteroatoms. The second-order valence-corrected chi connectivity index (χ2v) is 22.1. The van der Waals surface area contributed by atoms with Gasteiger partial charge in [0.15, 0.2) is 0 Å². The number of benzene rings is 1. The van der Waals surface area contributed by atoms with E-state index in [9.17, 15) is 10.2 Å². The van der Waals surface area contributed by atoms with Crippen LogP contribution in [0.5, 0.6) is 5.75 Å². The fourth-order valence-electron chi connectivity index (χ4n) is 9.49. The summed E-state index contributed by atoms with van der Waals surface area (Å²) < 4.78 is 0. The Hall–Kier alpha value is -3.00. The molecule has 67 heavy (non-hydrogen) atoms.